The second kappa shape index (κ2) is 8.36. The molecule has 0 spiro atoms. The number of anilines is 1. The molecule has 0 saturated heterocycles. The molecule has 0 bridgehead atoms. The van der Waals surface area contributed by atoms with E-state index in [1.807, 2.05) is 12.1 Å². The number of thiazole rings is 1. The number of nitrogens with one attached hydrogen (secondary N) is 2. The van der Waals surface area contributed by atoms with Gasteiger partial charge in [-0.1, -0.05) is 20.8 Å². The molecular formula is C20H26N4OS. The van der Waals surface area contributed by atoms with Gasteiger partial charge in [-0.3, -0.25) is 0 Å². The number of benzene rings is 1. The van der Waals surface area contributed by atoms with E-state index in [0.717, 1.165) is 41.2 Å². The Balaban J connectivity index is 1.53. The number of hydrogen-bond acceptors (Lipinski definition) is 3. The average Bonchev–Trinajstić information content (AvgIpc) is 3.21. The Morgan fingerprint density at radius 2 is 2.15 bits per heavy atom. The van der Waals surface area contributed by atoms with Crippen molar-refractivity contribution in [2.45, 2.75) is 40.2 Å². The fourth-order valence-corrected chi connectivity index (χ4v) is 3.72. The van der Waals surface area contributed by atoms with Crippen LogP contribution in [0.3, 0.4) is 0 Å². The molecular weight excluding hydrogens is 344 g/mol. The summed E-state index contributed by atoms with van der Waals surface area (Å²) in [5, 5.41) is 10.1. The van der Waals surface area contributed by atoms with Crippen LogP contribution in [0.5, 0.6) is 0 Å². The summed E-state index contributed by atoms with van der Waals surface area (Å²) in [7, 11) is 0. The van der Waals surface area contributed by atoms with Gasteiger partial charge >= 0.3 is 6.03 Å². The van der Waals surface area contributed by atoms with Crippen molar-refractivity contribution in [3.63, 3.8) is 0 Å². The summed E-state index contributed by atoms with van der Waals surface area (Å²) in [6.07, 6.45) is 3.81. The first-order valence-corrected chi connectivity index (χ1v) is 10.00. The van der Waals surface area contributed by atoms with Crippen molar-refractivity contribution in [3.8, 4) is 0 Å². The SMILES string of the molecule is CCc1nc(CCNC(=O)Nc2ccc3c(ccn3CC(C)C)c2)cs1. The molecule has 2 heterocycles. The first-order valence-electron chi connectivity index (χ1n) is 9.12. The third kappa shape index (κ3) is 4.64. The molecule has 3 aromatic rings. The second-order valence-electron chi connectivity index (χ2n) is 6.85. The minimum absolute atomic E-state index is 0.183. The van der Waals surface area contributed by atoms with E-state index < -0.39 is 0 Å². The molecule has 0 aliphatic heterocycles. The van der Waals surface area contributed by atoms with Crippen LogP contribution in [0.15, 0.2) is 35.8 Å². The first kappa shape index (κ1) is 18.5. The Kier molecular flexibility index (Phi) is 5.93. The van der Waals surface area contributed by atoms with Crippen LogP contribution in [0.1, 0.15) is 31.5 Å². The first-order chi connectivity index (χ1) is 12.5. The van der Waals surface area contributed by atoms with E-state index >= 15 is 0 Å². The molecule has 3 rings (SSSR count). The zero-order valence-corrected chi connectivity index (χ0v) is 16.4. The van der Waals surface area contributed by atoms with E-state index in [1.54, 1.807) is 11.3 Å². The van der Waals surface area contributed by atoms with Gasteiger partial charge in [-0.25, -0.2) is 9.78 Å². The molecule has 0 radical (unpaired) electrons. The van der Waals surface area contributed by atoms with Gasteiger partial charge in [-0.05, 0) is 36.6 Å². The van der Waals surface area contributed by atoms with Crippen LogP contribution in [0, 0.1) is 5.92 Å². The van der Waals surface area contributed by atoms with Crippen molar-refractivity contribution >= 4 is 34.0 Å². The maximum absolute atomic E-state index is 12.1. The highest BCUT2D eigenvalue weighted by Gasteiger charge is 2.07. The summed E-state index contributed by atoms with van der Waals surface area (Å²) >= 11 is 1.68. The van der Waals surface area contributed by atoms with Gasteiger partial charge in [0.25, 0.3) is 0 Å². The van der Waals surface area contributed by atoms with E-state index in [1.165, 1.54) is 5.52 Å². The molecule has 138 valence electrons. The number of amides is 2. The minimum Gasteiger partial charge on any atom is -0.347 e. The van der Waals surface area contributed by atoms with Gasteiger partial charge in [0.1, 0.15) is 0 Å². The van der Waals surface area contributed by atoms with E-state index in [4.69, 9.17) is 0 Å². The summed E-state index contributed by atoms with van der Waals surface area (Å²) in [6.45, 7) is 8.09. The summed E-state index contributed by atoms with van der Waals surface area (Å²) in [5.41, 5.74) is 3.04. The van der Waals surface area contributed by atoms with Gasteiger partial charge in [0.2, 0.25) is 0 Å². The number of carbonyl (C=O) groups is 1. The van der Waals surface area contributed by atoms with Crippen molar-refractivity contribution in [3.05, 3.63) is 46.5 Å². The quantitative estimate of drug-likeness (QED) is 0.634. The van der Waals surface area contributed by atoms with Crippen molar-refractivity contribution in [2.24, 2.45) is 5.92 Å². The summed E-state index contributed by atoms with van der Waals surface area (Å²) in [4.78, 5) is 16.6. The lowest BCUT2D eigenvalue weighted by atomic mass is 10.2. The number of urea groups is 1. The van der Waals surface area contributed by atoms with Gasteiger partial charge < -0.3 is 15.2 Å². The molecule has 0 atom stereocenters. The summed E-state index contributed by atoms with van der Waals surface area (Å²) in [6, 6.07) is 7.94. The normalized spacial score (nSPS) is 11.2. The third-order valence-electron chi connectivity index (χ3n) is 4.16. The fraction of sp³-hybridized carbons (Fsp3) is 0.400. The van der Waals surface area contributed by atoms with Crippen LogP contribution in [0.2, 0.25) is 0 Å². The van der Waals surface area contributed by atoms with Crippen LogP contribution in [-0.2, 0) is 19.4 Å². The van der Waals surface area contributed by atoms with Gasteiger partial charge in [-0.2, -0.15) is 0 Å². The number of nitrogens with zero attached hydrogens (tertiary/aromatic N) is 2. The molecule has 6 heteroatoms. The molecule has 2 amide bonds. The lowest BCUT2D eigenvalue weighted by Gasteiger charge is -2.10. The largest absolute Gasteiger partial charge is 0.347 e. The Hall–Kier alpha value is -2.34. The lowest BCUT2D eigenvalue weighted by molar-refractivity contribution is 0.252. The molecule has 26 heavy (non-hydrogen) atoms. The van der Waals surface area contributed by atoms with Gasteiger partial charge in [0.15, 0.2) is 0 Å². The molecule has 2 aromatic heterocycles. The van der Waals surface area contributed by atoms with E-state index in [2.05, 4.69) is 64.7 Å². The number of aromatic nitrogens is 2. The molecule has 5 nitrogen and oxygen atoms in total. The van der Waals surface area contributed by atoms with Crippen LogP contribution in [0.25, 0.3) is 10.9 Å². The second-order valence-corrected chi connectivity index (χ2v) is 7.80. The van der Waals surface area contributed by atoms with Crippen molar-refractivity contribution in [2.75, 3.05) is 11.9 Å². The molecule has 0 saturated carbocycles. The Labute approximate surface area is 158 Å². The number of rotatable bonds is 7. The van der Waals surface area contributed by atoms with Crippen LogP contribution >= 0.6 is 11.3 Å². The fourth-order valence-electron chi connectivity index (χ4n) is 2.94. The maximum Gasteiger partial charge on any atom is 0.319 e. The maximum atomic E-state index is 12.1. The van der Waals surface area contributed by atoms with Gasteiger partial charge in [-0.15, -0.1) is 11.3 Å². The molecule has 0 aliphatic rings. The average molecular weight is 371 g/mol. The third-order valence-corrected chi connectivity index (χ3v) is 5.20. The monoisotopic (exact) mass is 370 g/mol. The zero-order chi connectivity index (χ0) is 18.5. The smallest absolute Gasteiger partial charge is 0.319 e. The molecule has 0 fully saturated rings. The van der Waals surface area contributed by atoms with Crippen molar-refractivity contribution in [1.82, 2.24) is 14.9 Å². The Morgan fingerprint density at radius 1 is 1.31 bits per heavy atom. The predicted molar refractivity (Wildman–Crippen MR) is 109 cm³/mol. The van der Waals surface area contributed by atoms with Crippen molar-refractivity contribution in [1.29, 1.82) is 0 Å². The Morgan fingerprint density at radius 3 is 2.88 bits per heavy atom. The number of aryl methyl sites for hydroxylation is 1. The van der Waals surface area contributed by atoms with E-state index in [-0.39, 0.29) is 6.03 Å². The zero-order valence-electron chi connectivity index (χ0n) is 15.6. The summed E-state index contributed by atoms with van der Waals surface area (Å²) < 4.78 is 2.25. The molecule has 0 aliphatic carbocycles. The van der Waals surface area contributed by atoms with Crippen molar-refractivity contribution < 1.29 is 4.79 Å². The highest BCUT2D eigenvalue weighted by molar-refractivity contribution is 7.09. The highest BCUT2D eigenvalue weighted by atomic mass is 32.1. The topological polar surface area (TPSA) is 59.0 Å². The van der Waals surface area contributed by atoms with Gasteiger partial charge in [0.05, 0.1) is 10.7 Å². The molecule has 1 aromatic carbocycles. The van der Waals surface area contributed by atoms with E-state index in [0.29, 0.717) is 12.5 Å². The summed E-state index contributed by atoms with van der Waals surface area (Å²) in [5.74, 6) is 0.598. The number of carbonyl (C=O) groups excluding carboxylic acids is 1. The van der Waals surface area contributed by atoms with Crippen LogP contribution in [0.4, 0.5) is 10.5 Å². The molecule has 0 unspecified atom stereocenters. The molecule has 2 N–H and O–H groups in total. The minimum atomic E-state index is -0.183. The number of fused-ring (bicyclic) bond motifs is 1. The van der Waals surface area contributed by atoms with E-state index in [9.17, 15) is 4.79 Å². The highest BCUT2D eigenvalue weighted by Crippen LogP contribution is 2.21. The lowest BCUT2D eigenvalue weighted by Crippen LogP contribution is -2.30. The standard InChI is InChI=1S/C20H26N4OS/c1-4-19-22-17(13-26-19)7-9-21-20(25)23-16-5-6-18-15(11-16)8-10-24(18)12-14(2)3/h5-6,8,10-11,13-14H,4,7,9,12H2,1-3H3,(H2,21,23,25). The van der Waals surface area contributed by atoms with Crippen LogP contribution < -0.4 is 10.6 Å². The predicted octanol–water partition coefficient (Wildman–Crippen LogP) is 4.68. The number of hydrogen-bond donors (Lipinski definition) is 2. The van der Waals surface area contributed by atoms with Gasteiger partial charge in [0, 0.05) is 47.7 Å². The Bertz CT molecular complexity index is 881. The van der Waals surface area contributed by atoms with Crippen LogP contribution in [-0.4, -0.2) is 22.1 Å².